The van der Waals surface area contributed by atoms with Gasteiger partial charge in [-0.25, -0.2) is 4.98 Å². The maximum absolute atomic E-state index is 11.9. The molecule has 0 spiro atoms. The fourth-order valence-electron chi connectivity index (χ4n) is 1.29. The number of alkyl halides is 3. The van der Waals surface area contributed by atoms with Gasteiger partial charge in [-0.05, 0) is 20.3 Å². The Morgan fingerprint density at radius 3 is 2.40 bits per heavy atom. The van der Waals surface area contributed by atoms with Gasteiger partial charge >= 0.3 is 6.18 Å². The molecular weight excluding hydrogens is 227 g/mol. The number of aryl methyl sites for hydroxylation is 2. The van der Waals surface area contributed by atoms with E-state index in [1.54, 1.807) is 13.8 Å². The number of hydrogen-bond donors (Lipinski definition) is 1. The van der Waals surface area contributed by atoms with Crippen LogP contribution in [-0.4, -0.2) is 16.3 Å². The summed E-state index contributed by atoms with van der Waals surface area (Å²) in [6.45, 7) is 3.45. The number of hydrogen-bond acceptors (Lipinski definition) is 3. The summed E-state index contributed by atoms with van der Waals surface area (Å²) in [6.07, 6.45) is -6.54. The highest BCUT2D eigenvalue weighted by Gasteiger charge is 2.29. The second-order valence-electron chi connectivity index (χ2n) is 3.35. The number of thiazole rings is 1. The molecule has 1 atom stereocenters. The highest BCUT2D eigenvalue weighted by Crippen LogP contribution is 2.31. The molecule has 1 heterocycles. The van der Waals surface area contributed by atoms with E-state index in [1.807, 2.05) is 0 Å². The standard InChI is InChI=1S/C9H12F3NOS/c1-5-8(15-6(2)13-5)7(14)3-4-9(10,11)12/h7,14H,3-4H2,1-2H3. The Bertz CT molecular complexity index is 335. The Balaban J connectivity index is 2.61. The molecule has 15 heavy (non-hydrogen) atoms. The van der Waals surface area contributed by atoms with Crippen molar-refractivity contribution in [3.63, 3.8) is 0 Å². The number of nitrogens with zero attached hydrogens (tertiary/aromatic N) is 1. The highest BCUT2D eigenvalue weighted by atomic mass is 32.1. The van der Waals surface area contributed by atoms with Crippen LogP contribution in [0.2, 0.25) is 0 Å². The van der Waals surface area contributed by atoms with Gasteiger partial charge in [0.25, 0.3) is 0 Å². The van der Waals surface area contributed by atoms with Gasteiger partial charge in [0.05, 0.1) is 21.7 Å². The Hall–Kier alpha value is -0.620. The molecule has 1 aromatic rings. The summed E-state index contributed by atoms with van der Waals surface area (Å²) in [6, 6.07) is 0. The monoisotopic (exact) mass is 239 g/mol. The summed E-state index contributed by atoms with van der Waals surface area (Å²) in [7, 11) is 0. The van der Waals surface area contributed by atoms with Gasteiger partial charge in [-0.1, -0.05) is 0 Å². The van der Waals surface area contributed by atoms with Crippen LogP contribution in [0.4, 0.5) is 13.2 Å². The van der Waals surface area contributed by atoms with Crippen molar-refractivity contribution in [1.29, 1.82) is 0 Å². The minimum atomic E-state index is -4.21. The Morgan fingerprint density at radius 2 is 2.00 bits per heavy atom. The molecule has 0 aliphatic heterocycles. The molecule has 1 aromatic heterocycles. The zero-order valence-electron chi connectivity index (χ0n) is 8.43. The van der Waals surface area contributed by atoms with Crippen LogP contribution in [0.15, 0.2) is 0 Å². The second-order valence-corrected chi connectivity index (χ2v) is 4.59. The van der Waals surface area contributed by atoms with E-state index >= 15 is 0 Å². The summed E-state index contributed by atoms with van der Waals surface area (Å²) < 4.78 is 35.7. The molecule has 0 bridgehead atoms. The molecule has 0 saturated carbocycles. The number of aliphatic hydroxyl groups is 1. The lowest BCUT2D eigenvalue weighted by Gasteiger charge is -2.10. The van der Waals surface area contributed by atoms with E-state index < -0.39 is 18.7 Å². The van der Waals surface area contributed by atoms with Gasteiger partial charge in [0.1, 0.15) is 0 Å². The van der Waals surface area contributed by atoms with Crippen molar-refractivity contribution >= 4 is 11.3 Å². The normalized spacial score (nSPS) is 14.3. The van der Waals surface area contributed by atoms with E-state index in [4.69, 9.17) is 0 Å². The summed E-state index contributed by atoms with van der Waals surface area (Å²) in [4.78, 5) is 4.59. The van der Waals surface area contributed by atoms with Crippen LogP contribution in [0.5, 0.6) is 0 Å². The number of aliphatic hydroxyl groups excluding tert-OH is 1. The highest BCUT2D eigenvalue weighted by molar-refractivity contribution is 7.11. The van der Waals surface area contributed by atoms with Crippen molar-refractivity contribution in [2.24, 2.45) is 0 Å². The third-order valence-electron chi connectivity index (χ3n) is 1.94. The molecule has 86 valence electrons. The summed E-state index contributed by atoms with van der Waals surface area (Å²) in [5.41, 5.74) is 0.618. The van der Waals surface area contributed by atoms with Crippen LogP contribution in [-0.2, 0) is 0 Å². The van der Waals surface area contributed by atoms with Crippen LogP contribution in [0.1, 0.15) is 34.5 Å². The Kier molecular flexibility index (Phi) is 3.72. The van der Waals surface area contributed by atoms with E-state index in [1.165, 1.54) is 11.3 Å². The minimum absolute atomic E-state index is 0.300. The van der Waals surface area contributed by atoms with E-state index in [0.717, 1.165) is 5.01 Å². The van der Waals surface area contributed by atoms with Crippen LogP contribution in [0.3, 0.4) is 0 Å². The van der Waals surface area contributed by atoms with Gasteiger partial charge < -0.3 is 5.11 Å². The van der Waals surface area contributed by atoms with Crippen LogP contribution >= 0.6 is 11.3 Å². The lowest BCUT2D eigenvalue weighted by atomic mass is 10.1. The average molecular weight is 239 g/mol. The quantitative estimate of drug-likeness (QED) is 0.879. The Labute approximate surface area is 89.8 Å². The summed E-state index contributed by atoms with van der Waals surface area (Å²) in [5.74, 6) is 0. The molecule has 0 fully saturated rings. The number of halogens is 3. The van der Waals surface area contributed by atoms with Crippen LogP contribution < -0.4 is 0 Å². The van der Waals surface area contributed by atoms with Crippen LogP contribution in [0.25, 0.3) is 0 Å². The largest absolute Gasteiger partial charge is 0.389 e. The predicted octanol–water partition coefficient (Wildman–Crippen LogP) is 3.14. The SMILES string of the molecule is Cc1nc(C)c(C(O)CCC(F)(F)F)s1. The van der Waals surface area contributed by atoms with Crippen molar-refractivity contribution in [1.82, 2.24) is 4.98 Å². The summed E-state index contributed by atoms with van der Waals surface area (Å²) >= 11 is 1.24. The van der Waals surface area contributed by atoms with E-state index in [9.17, 15) is 18.3 Å². The van der Waals surface area contributed by atoms with Crippen molar-refractivity contribution in [2.45, 2.75) is 39.0 Å². The van der Waals surface area contributed by atoms with E-state index in [-0.39, 0.29) is 6.42 Å². The van der Waals surface area contributed by atoms with Crippen LogP contribution in [0, 0.1) is 13.8 Å². The van der Waals surface area contributed by atoms with Crippen molar-refractivity contribution in [3.05, 3.63) is 15.6 Å². The summed E-state index contributed by atoms with van der Waals surface area (Å²) in [5, 5.41) is 10.3. The van der Waals surface area contributed by atoms with Gasteiger partial charge in [0, 0.05) is 6.42 Å². The third kappa shape index (κ3) is 3.79. The molecule has 0 aliphatic carbocycles. The van der Waals surface area contributed by atoms with Crippen molar-refractivity contribution in [2.75, 3.05) is 0 Å². The Morgan fingerprint density at radius 1 is 1.40 bits per heavy atom. The minimum Gasteiger partial charge on any atom is -0.388 e. The maximum Gasteiger partial charge on any atom is 0.389 e. The fraction of sp³-hybridized carbons (Fsp3) is 0.667. The zero-order valence-corrected chi connectivity index (χ0v) is 9.24. The molecule has 1 rings (SSSR count). The fourth-order valence-corrected chi connectivity index (χ4v) is 2.24. The third-order valence-corrected chi connectivity index (χ3v) is 3.12. The molecule has 0 amide bonds. The van der Waals surface area contributed by atoms with Gasteiger partial charge in [0.2, 0.25) is 0 Å². The number of aromatic nitrogens is 1. The predicted molar refractivity (Wildman–Crippen MR) is 51.8 cm³/mol. The molecule has 1 unspecified atom stereocenters. The average Bonchev–Trinajstić information content (AvgIpc) is 2.40. The van der Waals surface area contributed by atoms with E-state index in [0.29, 0.717) is 10.6 Å². The molecule has 1 N–H and O–H groups in total. The molecule has 0 radical (unpaired) electrons. The van der Waals surface area contributed by atoms with Gasteiger partial charge in [0.15, 0.2) is 0 Å². The van der Waals surface area contributed by atoms with Gasteiger partial charge in [-0.3, -0.25) is 0 Å². The first-order chi connectivity index (χ1) is 6.79. The molecule has 0 aromatic carbocycles. The topological polar surface area (TPSA) is 33.1 Å². The van der Waals surface area contributed by atoms with Crippen molar-refractivity contribution < 1.29 is 18.3 Å². The zero-order chi connectivity index (χ0) is 11.6. The number of rotatable bonds is 3. The van der Waals surface area contributed by atoms with Gasteiger partial charge in [-0.15, -0.1) is 11.3 Å². The van der Waals surface area contributed by atoms with E-state index in [2.05, 4.69) is 4.98 Å². The molecule has 6 heteroatoms. The van der Waals surface area contributed by atoms with Crippen molar-refractivity contribution in [3.8, 4) is 0 Å². The molecule has 0 saturated heterocycles. The first-order valence-electron chi connectivity index (χ1n) is 4.48. The molecule has 2 nitrogen and oxygen atoms in total. The lowest BCUT2D eigenvalue weighted by Crippen LogP contribution is -2.09. The molecular formula is C9H12F3NOS. The maximum atomic E-state index is 11.9. The van der Waals surface area contributed by atoms with Gasteiger partial charge in [-0.2, -0.15) is 13.2 Å². The second kappa shape index (κ2) is 4.49. The first kappa shape index (κ1) is 12.4. The lowest BCUT2D eigenvalue weighted by molar-refractivity contribution is -0.140. The molecule has 0 aliphatic rings. The first-order valence-corrected chi connectivity index (χ1v) is 5.30. The smallest absolute Gasteiger partial charge is 0.388 e.